The minimum absolute atomic E-state index is 0.986. The summed E-state index contributed by atoms with van der Waals surface area (Å²) in [5.41, 5.74) is 6.35. The molecule has 2 nitrogen and oxygen atoms in total. The van der Waals surface area contributed by atoms with E-state index in [4.69, 9.17) is 5.73 Å². The Balaban J connectivity index is 2.46. The van der Waals surface area contributed by atoms with Crippen molar-refractivity contribution in [2.45, 2.75) is 19.3 Å². The van der Waals surface area contributed by atoms with Crippen LogP contribution in [0.25, 0.3) is 0 Å². The fourth-order valence-electron chi connectivity index (χ4n) is 0.967. The molecule has 0 aromatic heterocycles. The lowest BCUT2D eigenvalue weighted by atomic mass is 10.1. The molecule has 1 heterocycles. The van der Waals surface area contributed by atoms with Gasteiger partial charge in [0.15, 0.2) is 0 Å². The Hall–Kier alpha value is -0.790. The summed E-state index contributed by atoms with van der Waals surface area (Å²) in [5, 5.41) is 0. The molecule has 1 aliphatic rings. The van der Waals surface area contributed by atoms with Crippen LogP contribution in [0, 0.1) is 0 Å². The largest absolute Gasteiger partial charge is 0.405 e. The van der Waals surface area contributed by atoms with E-state index in [1.807, 2.05) is 6.08 Å². The smallest absolute Gasteiger partial charge is 0.0392 e. The van der Waals surface area contributed by atoms with Gasteiger partial charge in [-0.25, -0.2) is 0 Å². The topological polar surface area (TPSA) is 38.4 Å². The summed E-state index contributed by atoms with van der Waals surface area (Å²) in [6.45, 7) is 0.986. The predicted octanol–water partition coefficient (Wildman–Crippen LogP) is 1.08. The van der Waals surface area contributed by atoms with Gasteiger partial charge >= 0.3 is 0 Å². The predicted molar refractivity (Wildman–Crippen MR) is 39.5 cm³/mol. The zero-order valence-electron chi connectivity index (χ0n) is 5.51. The maximum absolute atomic E-state index is 5.20. The summed E-state index contributed by atoms with van der Waals surface area (Å²) >= 11 is 0. The van der Waals surface area contributed by atoms with Crippen molar-refractivity contribution in [3.63, 3.8) is 0 Å². The molecule has 0 radical (unpaired) electrons. The van der Waals surface area contributed by atoms with Gasteiger partial charge in [-0.3, -0.25) is 4.99 Å². The van der Waals surface area contributed by atoms with Gasteiger partial charge in [-0.15, -0.1) is 0 Å². The van der Waals surface area contributed by atoms with Gasteiger partial charge < -0.3 is 5.73 Å². The zero-order valence-corrected chi connectivity index (χ0v) is 5.51. The lowest BCUT2D eigenvalue weighted by Crippen LogP contribution is -2.03. The third-order valence-corrected chi connectivity index (χ3v) is 1.44. The normalized spacial score (nSPS) is 20.2. The average molecular weight is 124 g/mol. The lowest BCUT2D eigenvalue weighted by Gasteiger charge is -2.06. The molecular formula is C7H12N2. The number of hydrogen-bond donors (Lipinski definition) is 1. The van der Waals surface area contributed by atoms with Crippen LogP contribution in [-0.2, 0) is 0 Å². The highest BCUT2D eigenvalue weighted by molar-refractivity contribution is 5.95. The van der Waals surface area contributed by atoms with Crippen molar-refractivity contribution in [1.29, 1.82) is 0 Å². The highest BCUT2D eigenvalue weighted by atomic mass is 14.7. The summed E-state index contributed by atoms with van der Waals surface area (Å²) in [4.78, 5) is 4.27. The number of hydrogen-bond acceptors (Lipinski definition) is 2. The minimum atomic E-state index is 0.986. The van der Waals surface area contributed by atoms with Crippen LogP contribution in [0.2, 0.25) is 0 Å². The van der Waals surface area contributed by atoms with Gasteiger partial charge in [0.2, 0.25) is 0 Å². The van der Waals surface area contributed by atoms with E-state index in [-0.39, 0.29) is 0 Å². The molecular weight excluding hydrogens is 112 g/mol. The molecule has 0 atom stereocenters. The molecule has 0 bridgehead atoms. The summed E-state index contributed by atoms with van der Waals surface area (Å²) in [6.07, 6.45) is 7.06. The van der Waals surface area contributed by atoms with Crippen molar-refractivity contribution in [2.75, 3.05) is 6.54 Å². The van der Waals surface area contributed by atoms with Crippen LogP contribution in [0.3, 0.4) is 0 Å². The van der Waals surface area contributed by atoms with Gasteiger partial charge in [0.25, 0.3) is 0 Å². The molecule has 0 unspecified atom stereocenters. The number of nitrogens with zero attached hydrogens (tertiary/aromatic N) is 1. The average Bonchev–Trinajstić information content (AvgIpc) is 1.91. The van der Waals surface area contributed by atoms with Crippen LogP contribution in [0.5, 0.6) is 0 Å². The first-order chi connectivity index (χ1) is 4.43. The molecule has 0 saturated carbocycles. The SMILES string of the molecule is N/C=C\C1=NCCCC1. The fourth-order valence-corrected chi connectivity index (χ4v) is 0.967. The Bertz CT molecular complexity index is 136. The van der Waals surface area contributed by atoms with Crippen molar-refractivity contribution in [3.8, 4) is 0 Å². The molecule has 1 rings (SSSR count). The highest BCUT2D eigenvalue weighted by Crippen LogP contribution is 2.05. The molecule has 0 saturated heterocycles. The van der Waals surface area contributed by atoms with Crippen molar-refractivity contribution in [1.82, 2.24) is 0 Å². The maximum atomic E-state index is 5.20. The zero-order chi connectivity index (χ0) is 6.53. The first-order valence-corrected chi connectivity index (χ1v) is 3.35. The molecule has 1 aliphatic heterocycles. The van der Waals surface area contributed by atoms with Crippen LogP contribution in [0.1, 0.15) is 19.3 Å². The molecule has 0 fully saturated rings. The third-order valence-electron chi connectivity index (χ3n) is 1.44. The van der Waals surface area contributed by atoms with Crippen LogP contribution < -0.4 is 5.73 Å². The van der Waals surface area contributed by atoms with Crippen LogP contribution in [0.15, 0.2) is 17.3 Å². The summed E-state index contributed by atoms with van der Waals surface area (Å²) in [7, 11) is 0. The summed E-state index contributed by atoms with van der Waals surface area (Å²) in [6, 6.07) is 0. The molecule has 50 valence electrons. The second-order valence-corrected chi connectivity index (χ2v) is 2.19. The molecule has 9 heavy (non-hydrogen) atoms. The molecule has 2 heteroatoms. The van der Waals surface area contributed by atoms with Gasteiger partial charge in [0.1, 0.15) is 0 Å². The van der Waals surface area contributed by atoms with Crippen molar-refractivity contribution in [3.05, 3.63) is 12.3 Å². The van der Waals surface area contributed by atoms with E-state index < -0.39 is 0 Å². The van der Waals surface area contributed by atoms with Crippen LogP contribution in [0.4, 0.5) is 0 Å². The molecule has 0 aromatic rings. The number of aliphatic imine (C=N–C) groups is 1. The van der Waals surface area contributed by atoms with Gasteiger partial charge in [-0.05, 0) is 31.5 Å². The van der Waals surface area contributed by atoms with Gasteiger partial charge in [-0.1, -0.05) is 0 Å². The molecule has 0 aliphatic carbocycles. The maximum Gasteiger partial charge on any atom is 0.0392 e. The first-order valence-electron chi connectivity index (χ1n) is 3.35. The van der Waals surface area contributed by atoms with Gasteiger partial charge in [0, 0.05) is 12.3 Å². The summed E-state index contributed by atoms with van der Waals surface area (Å²) < 4.78 is 0. The Morgan fingerprint density at radius 2 is 2.33 bits per heavy atom. The van der Waals surface area contributed by atoms with Crippen molar-refractivity contribution < 1.29 is 0 Å². The Morgan fingerprint density at radius 1 is 1.44 bits per heavy atom. The van der Waals surface area contributed by atoms with Crippen molar-refractivity contribution >= 4 is 5.71 Å². The van der Waals surface area contributed by atoms with E-state index in [0.29, 0.717) is 0 Å². The van der Waals surface area contributed by atoms with E-state index >= 15 is 0 Å². The van der Waals surface area contributed by atoms with E-state index in [9.17, 15) is 0 Å². The second kappa shape index (κ2) is 3.28. The number of allylic oxidation sites excluding steroid dienone is 1. The number of rotatable bonds is 1. The van der Waals surface area contributed by atoms with E-state index in [2.05, 4.69) is 4.99 Å². The fraction of sp³-hybridized carbons (Fsp3) is 0.571. The van der Waals surface area contributed by atoms with E-state index in [0.717, 1.165) is 18.7 Å². The minimum Gasteiger partial charge on any atom is -0.405 e. The first kappa shape index (κ1) is 6.33. The monoisotopic (exact) mass is 124 g/mol. The lowest BCUT2D eigenvalue weighted by molar-refractivity contribution is 0.740. The van der Waals surface area contributed by atoms with Gasteiger partial charge in [-0.2, -0.15) is 0 Å². The Kier molecular flexibility index (Phi) is 2.31. The molecule has 0 amide bonds. The van der Waals surface area contributed by atoms with E-state index in [1.54, 1.807) is 6.20 Å². The standard InChI is InChI=1S/C7H12N2/c8-5-4-7-3-1-2-6-9-7/h4-5H,1-3,6,8H2/b5-4-. The van der Waals surface area contributed by atoms with Crippen LogP contribution >= 0.6 is 0 Å². The van der Waals surface area contributed by atoms with E-state index in [1.165, 1.54) is 12.8 Å². The number of nitrogens with two attached hydrogens (primary N) is 1. The quantitative estimate of drug-likeness (QED) is 0.558. The Morgan fingerprint density at radius 3 is 2.89 bits per heavy atom. The van der Waals surface area contributed by atoms with Crippen molar-refractivity contribution in [2.24, 2.45) is 10.7 Å². The second-order valence-electron chi connectivity index (χ2n) is 2.19. The van der Waals surface area contributed by atoms with Gasteiger partial charge in [0.05, 0.1) is 0 Å². The summed E-state index contributed by atoms with van der Waals surface area (Å²) in [5.74, 6) is 0. The highest BCUT2D eigenvalue weighted by Gasteiger charge is 1.99. The Labute approximate surface area is 55.5 Å². The third kappa shape index (κ3) is 1.88. The van der Waals surface area contributed by atoms with Crippen LogP contribution in [-0.4, -0.2) is 12.3 Å². The molecule has 0 spiro atoms. The molecule has 2 N–H and O–H groups in total. The molecule has 0 aromatic carbocycles.